The van der Waals surface area contributed by atoms with Gasteiger partial charge in [0.05, 0.1) is 17.8 Å². The van der Waals surface area contributed by atoms with Crippen molar-refractivity contribution in [2.45, 2.75) is 58.0 Å². The molecule has 4 heterocycles. The van der Waals surface area contributed by atoms with Crippen molar-refractivity contribution in [3.63, 3.8) is 0 Å². The molecule has 136 valence electrons. The standard InChI is InChI=1S/C19H23N5OS/c1-10(2)24-8-4-7-14(24)18-21-15-11-5-3-6-13-12(9-20-23-13)16(11)26-17(15)19(25)22-18/h9-10,14H,3-8H2,1-2H3,(H,20,23)(H,21,22,25)/t14-/m1/s1. The number of nitrogens with zero attached hydrogens (tertiary/aromatic N) is 3. The average molecular weight is 369 g/mol. The number of nitrogens with one attached hydrogen (secondary N) is 2. The zero-order valence-electron chi connectivity index (χ0n) is 15.1. The van der Waals surface area contributed by atoms with Crippen LogP contribution in [-0.4, -0.2) is 37.7 Å². The number of likely N-dealkylation sites (tertiary alicyclic amines) is 1. The van der Waals surface area contributed by atoms with Crippen LogP contribution in [0.15, 0.2) is 11.0 Å². The Bertz CT molecular complexity index is 1030. The highest BCUT2D eigenvalue weighted by molar-refractivity contribution is 7.22. The molecule has 26 heavy (non-hydrogen) atoms. The minimum atomic E-state index is 0.00345. The Morgan fingerprint density at radius 2 is 2.19 bits per heavy atom. The van der Waals surface area contributed by atoms with Gasteiger partial charge in [-0.2, -0.15) is 5.10 Å². The number of aromatic nitrogens is 4. The van der Waals surface area contributed by atoms with Gasteiger partial charge in [0.15, 0.2) is 0 Å². The van der Waals surface area contributed by atoms with E-state index in [0.717, 1.165) is 60.3 Å². The van der Waals surface area contributed by atoms with Crippen molar-refractivity contribution in [2.24, 2.45) is 0 Å². The number of aromatic amines is 2. The van der Waals surface area contributed by atoms with Crippen LogP contribution in [-0.2, 0) is 12.8 Å². The molecule has 2 N–H and O–H groups in total. The molecule has 1 saturated heterocycles. The van der Waals surface area contributed by atoms with Gasteiger partial charge in [-0.3, -0.25) is 14.8 Å². The lowest BCUT2D eigenvalue weighted by Gasteiger charge is -2.27. The largest absolute Gasteiger partial charge is 0.308 e. The van der Waals surface area contributed by atoms with Crippen molar-refractivity contribution in [1.82, 2.24) is 25.1 Å². The molecule has 0 unspecified atom stereocenters. The van der Waals surface area contributed by atoms with Crippen LogP contribution in [0.1, 0.15) is 56.2 Å². The molecule has 1 atom stereocenters. The summed E-state index contributed by atoms with van der Waals surface area (Å²) in [7, 11) is 0. The molecule has 2 aliphatic rings. The van der Waals surface area contributed by atoms with Crippen molar-refractivity contribution in [1.29, 1.82) is 0 Å². The molecule has 7 heteroatoms. The summed E-state index contributed by atoms with van der Waals surface area (Å²) in [6.07, 6.45) is 7.13. The molecule has 3 aromatic rings. The maximum Gasteiger partial charge on any atom is 0.268 e. The minimum absolute atomic E-state index is 0.00345. The number of aryl methyl sites for hydroxylation is 2. The second-order valence-electron chi connectivity index (χ2n) is 7.64. The van der Waals surface area contributed by atoms with Crippen LogP contribution < -0.4 is 5.56 Å². The van der Waals surface area contributed by atoms with E-state index in [9.17, 15) is 4.79 Å². The van der Waals surface area contributed by atoms with E-state index >= 15 is 0 Å². The number of rotatable bonds is 2. The second kappa shape index (κ2) is 6.03. The Hall–Kier alpha value is -1.99. The summed E-state index contributed by atoms with van der Waals surface area (Å²) in [5.74, 6) is 0.839. The lowest BCUT2D eigenvalue weighted by Crippen LogP contribution is -2.32. The summed E-state index contributed by atoms with van der Waals surface area (Å²) in [6, 6.07) is 0.675. The molecule has 0 aromatic carbocycles. The number of H-pyrrole nitrogens is 2. The highest BCUT2D eigenvalue weighted by Crippen LogP contribution is 2.41. The summed E-state index contributed by atoms with van der Waals surface area (Å²) in [5, 5.41) is 7.33. The summed E-state index contributed by atoms with van der Waals surface area (Å²) >= 11 is 1.57. The van der Waals surface area contributed by atoms with Gasteiger partial charge in [0.1, 0.15) is 10.5 Å². The topological polar surface area (TPSA) is 77.7 Å². The molecule has 6 nitrogen and oxygen atoms in total. The summed E-state index contributed by atoms with van der Waals surface area (Å²) in [5.41, 5.74) is 4.46. The third-order valence-corrected chi connectivity index (χ3v) is 7.00. The Morgan fingerprint density at radius 3 is 3.04 bits per heavy atom. The van der Waals surface area contributed by atoms with E-state index in [2.05, 4.69) is 33.9 Å². The van der Waals surface area contributed by atoms with E-state index in [-0.39, 0.29) is 11.6 Å². The summed E-state index contributed by atoms with van der Waals surface area (Å²) in [4.78, 5) is 24.6. The number of fused-ring (bicyclic) bond motifs is 5. The van der Waals surface area contributed by atoms with Gasteiger partial charge in [0, 0.05) is 22.2 Å². The molecule has 0 bridgehead atoms. The van der Waals surface area contributed by atoms with Crippen LogP contribution >= 0.6 is 11.3 Å². The lowest BCUT2D eigenvalue weighted by molar-refractivity contribution is 0.198. The molecule has 0 amide bonds. The smallest absolute Gasteiger partial charge is 0.268 e. The van der Waals surface area contributed by atoms with Crippen molar-refractivity contribution in [3.8, 4) is 10.4 Å². The van der Waals surface area contributed by atoms with Crippen molar-refractivity contribution in [2.75, 3.05) is 6.54 Å². The molecule has 0 saturated carbocycles. The normalized spacial score (nSPS) is 20.5. The van der Waals surface area contributed by atoms with E-state index < -0.39 is 0 Å². The Kier molecular flexibility index (Phi) is 3.76. The SMILES string of the molecule is CC(C)N1CCC[C@@H]1c1nc2c3c(sc2c(=O)[nH]1)-c1cn[nH]c1CCC3. The second-order valence-corrected chi connectivity index (χ2v) is 8.66. The lowest BCUT2D eigenvalue weighted by atomic mass is 10.1. The van der Waals surface area contributed by atoms with Gasteiger partial charge in [-0.15, -0.1) is 11.3 Å². The van der Waals surface area contributed by atoms with Crippen molar-refractivity contribution >= 4 is 21.6 Å². The molecule has 0 radical (unpaired) electrons. The van der Waals surface area contributed by atoms with E-state index in [1.807, 2.05) is 6.20 Å². The van der Waals surface area contributed by atoms with Gasteiger partial charge in [0.2, 0.25) is 0 Å². The Balaban J connectivity index is 1.69. The quantitative estimate of drug-likeness (QED) is 0.726. The van der Waals surface area contributed by atoms with Gasteiger partial charge < -0.3 is 4.98 Å². The molecule has 1 aliphatic heterocycles. The van der Waals surface area contributed by atoms with Crippen LogP contribution in [0.4, 0.5) is 0 Å². The predicted octanol–water partition coefficient (Wildman–Crippen LogP) is 3.41. The van der Waals surface area contributed by atoms with Gasteiger partial charge in [-0.1, -0.05) is 0 Å². The number of thiophene rings is 1. The monoisotopic (exact) mass is 369 g/mol. The zero-order valence-corrected chi connectivity index (χ0v) is 15.9. The van der Waals surface area contributed by atoms with E-state index in [4.69, 9.17) is 4.98 Å². The fraction of sp³-hybridized carbons (Fsp3) is 0.526. The third-order valence-electron chi connectivity index (χ3n) is 5.75. The predicted molar refractivity (Wildman–Crippen MR) is 104 cm³/mol. The first kappa shape index (κ1) is 16.2. The summed E-state index contributed by atoms with van der Waals surface area (Å²) < 4.78 is 0.752. The van der Waals surface area contributed by atoms with Gasteiger partial charge in [0.25, 0.3) is 5.56 Å². The van der Waals surface area contributed by atoms with Crippen molar-refractivity contribution < 1.29 is 0 Å². The highest BCUT2D eigenvalue weighted by Gasteiger charge is 2.31. The molecule has 0 spiro atoms. The maximum atomic E-state index is 12.9. The van der Waals surface area contributed by atoms with Crippen LogP contribution in [0.2, 0.25) is 0 Å². The molecule has 1 aliphatic carbocycles. The average Bonchev–Trinajstić information content (AvgIpc) is 3.32. The molecular formula is C19H23N5OS. The third kappa shape index (κ3) is 2.37. The van der Waals surface area contributed by atoms with Crippen LogP contribution in [0.5, 0.6) is 0 Å². The summed E-state index contributed by atoms with van der Waals surface area (Å²) in [6.45, 7) is 5.50. The first-order valence-corrected chi connectivity index (χ1v) is 10.3. The fourth-order valence-electron chi connectivity index (χ4n) is 4.50. The molecule has 5 rings (SSSR count). The maximum absolute atomic E-state index is 12.9. The van der Waals surface area contributed by atoms with Crippen LogP contribution in [0.3, 0.4) is 0 Å². The minimum Gasteiger partial charge on any atom is -0.308 e. The fourth-order valence-corrected chi connectivity index (χ4v) is 5.72. The Labute approximate surface area is 155 Å². The first-order valence-electron chi connectivity index (χ1n) is 9.47. The van der Waals surface area contributed by atoms with Gasteiger partial charge in [-0.25, -0.2) is 4.98 Å². The Morgan fingerprint density at radius 1 is 1.31 bits per heavy atom. The van der Waals surface area contributed by atoms with Crippen molar-refractivity contribution in [3.05, 3.63) is 33.6 Å². The van der Waals surface area contributed by atoms with E-state index in [1.54, 1.807) is 11.3 Å². The highest BCUT2D eigenvalue weighted by atomic mass is 32.1. The van der Waals surface area contributed by atoms with Gasteiger partial charge in [-0.05, 0) is 58.1 Å². The van der Waals surface area contributed by atoms with E-state index in [1.165, 1.54) is 16.1 Å². The van der Waals surface area contributed by atoms with Crippen LogP contribution in [0, 0.1) is 0 Å². The van der Waals surface area contributed by atoms with Gasteiger partial charge >= 0.3 is 0 Å². The number of hydrogen-bond donors (Lipinski definition) is 2. The zero-order chi connectivity index (χ0) is 17.8. The van der Waals surface area contributed by atoms with Crippen LogP contribution in [0.25, 0.3) is 20.7 Å². The molecule has 1 fully saturated rings. The molecular weight excluding hydrogens is 346 g/mol. The molecule has 3 aromatic heterocycles. The number of hydrogen-bond acceptors (Lipinski definition) is 5. The van der Waals surface area contributed by atoms with E-state index in [0.29, 0.717) is 6.04 Å². The first-order chi connectivity index (χ1) is 12.6.